The van der Waals surface area contributed by atoms with Crippen molar-refractivity contribution in [1.82, 2.24) is 5.32 Å². The van der Waals surface area contributed by atoms with Crippen LogP contribution < -0.4 is 5.32 Å². The van der Waals surface area contributed by atoms with Crippen LogP contribution in [0, 0.1) is 0 Å². The smallest absolute Gasteiger partial charge is 0.00360 e. The van der Waals surface area contributed by atoms with Crippen LogP contribution in [0.4, 0.5) is 0 Å². The lowest BCUT2D eigenvalue weighted by Crippen LogP contribution is -2.25. The Hall–Kier alpha value is 0.394. The van der Waals surface area contributed by atoms with Crippen LogP contribution in [0.1, 0.15) is 33.6 Å². The molecule has 64 valence electrons. The van der Waals surface area contributed by atoms with Crippen LogP contribution in [0.3, 0.4) is 0 Å². The summed E-state index contributed by atoms with van der Waals surface area (Å²) in [6.07, 6.45) is 2.48. The van der Waals surface area contributed by atoms with E-state index in [0.29, 0.717) is 6.04 Å². The quantitative estimate of drug-likeness (QED) is 0.567. The maximum atomic E-state index is 3.38. The van der Waals surface area contributed by atoms with Gasteiger partial charge in [-0.2, -0.15) is 0 Å². The predicted molar refractivity (Wildman–Crippen MR) is 57.9 cm³/mol. The van der Waals surface area contributed by atoms with Crippen LogP contribution in [0.5, 0.6) is 0 Å². The largest absolute Gasteiger partial charge is 0.314 e. The Labute approximate surface area is 71.6 Å². The van der Waals surface area contributed by atoms with Gasteiger partial charge in [0.25, 0.3) is 0 Å². The van der Waals surface area contributed by atoms with Crippen molar-refractivity contribution >= 4 is 19.5 Å². The second-order valence-electron chi connectivity index (χ2n) is 2.26. The fraction of sp³-hybridized carbons (Fsp3) is 1.00. The topological polar surface area (TPSA) is 12.0 Å². The second kappa shape index (κ2) is 12.1. The SMILES string of the molecule is CCCNC(C)CC.[SiH3][SiH3]. The number of rotatable bonds is 4. The van der Waals surface area contributed by atoms with Crippen molar-refractivity contribution in [2.45, 2.75) is 39.7 Å². The molecule has 0 saturated carbocycles. The summed E-state index contributed by atoms with van der Waals surface area (Å²) in [6, 6.07) is 0.704. The molecule has 0 amide bonds. The lowest BCUT2D eigenvalue weighted by Gasteiger charge is -2.08. The average molecular weight is 177 g/mol. The molecule has 0 saturated heterocycles. The van der Waals surface area contributed by atoms with Gasteiger partial charge < -0.3 is 5.32 Å². The molecule has 0 aliphatic heterocycles. The highest BCUT2D eigenvalue weighted by Gasteiger charge is 1.92. The Bertz CT molecular complexity index is 50.9. The van der Waals surface area contributed by atoms with Gasteiger partial charge in [0.1, 0.15) is 0 Å². The maximum Gasteiger partial charge on any atom is 0.00360 e. The molecule has 1 N–H and O–H groups in total. The Balaban J connectivity index is 0. The third kappa shape index (κ3) is 11.2. The highest BCUT2D eigenvalue weighted by molar-refractivity contribution is 6.75. The van der Waals surface area contributed by atoms with Crippen molar-refractivity contribution in [3.05, 3.63) is 0 Å². The fourth-order valence-electron chi connectivity index (χ4n) is 0.535. The first-order valence-electron chi connectivity index (χ1n) is 4.54. The molecule has 0 fully saturated rings. The summed E-state index contributed by atoms with van der Waals surface area (Å²) in [7, 11) is 2.89. The average Bonchev–Trinajstić information content (AvgIpc) is 2.04. The van der Waals surface area contributed by atoms with Crippen molar-refractivity contribution < 1.29 is 0 Å². The van der Waals surface area contributed by atoms with E-state index < -0.39 is 0 Å². The van der Waals surface area contributed by atoms with E-state index in [0.717, 1.165) is 6.54 Å². The van der Waals surface area contributed by atoms with E-state index in [4.69, 9.17) is 0 Å². The molecule has 10 heavy (non-hydrogen) atoms. The van der Waals surface area contributed by atoms with Crippen LogP contribution in [-0.4, -0.2) is 32.1 Å². The summed E-state index contributed by atoms with van der Waals surface area (Å²) < 4.78 is 0. The molecule has 0 aliphatic rings. The van der Waals surface area contributed by atoms with Gasteiger partial charge >= 0.3 is 0 Å². The summed E-state index contributed by atoms with van der Waals surface area (Å²) >= 11 is 0. The van der Waals surface area contributed by atoms with E-state index >= 15 is 0 Å². The Morgan fingerprint density at radius 3 is 2.10 bits per heavy atom. The summed E-state index contributed by atoms with van der Waals surface area (Å²) in [5.74, 6) is 0. The Kier molecular flexibility index (Phi) is 15.8. The second-order valence-corrected chi connectivity index (χ2v) is 2.26. The number of hydrogen-bond acceptors (Lipinski definition) is 1. The van der Waals surface area contributed by atoms with Crippen molar-refractivity contribution in [1.29, 1.82) is 0 Å². The van der Waals surface area contributed by atoms with E-state index in [1.165, 1.54) is 32.4 Å². The van der Waals surface area contributed by atoms with E-state index in [-0.39, 0.29) is 0 Å². The van der Waals surface area contributed by atoms with Crippen LogP contribution in [0.2, 0.25) is 0 Å². The fourth-order valence-corrected chi connectivity index (χ4v) is 0.535. The number of hydrogen-bond donors (Lipinski definition) is 1. The van der Waals surface area contributed by atoms with E-state index in [1.54, 1.807) is 0 Å². The molecule has 0 aromatic carbocycles. The molecule has 0 aliphatic carbocycles. The summed E-state index contributed by atoms with van der Waals surface area (Å²) in [5, 5.41) is 3.38. The summed E-state index contributed by atoms with van der Waals surface area (Å²) in [5.41, 5.74) is 0. The minimum absolute atomic E-state index is 0.704. The highest BCUT2D eigenvalue weighted by atomic mass is 29.1. The van der Waals surface area contributed by atoms with E-state index in [1.807, 2.05) is 0 Å². The van der Waals surface area contributed by atoms with Crippen molar-refractivity contribution in [2.75, 3.05) is 6.54 Å². The molecule has 3 heteroatoms. The van der Waals surface area contributed by atoms with Gasteiger partial charge in [-0.1, -0.05) is 13.8 Å². The van der Waals surface area contributed by atoms with Gasteiger partial charge in [0.2, 0.25) is 0 Å². The monoisotopic (exact) mass is 177 g/mol. The van der Waals surface area contributed by atoms with E-state index in [9.17, 15) is 0 Å². The van der Waals surface area contributed by atoms with Gasteiger partial charge in [-0.25, -0.2) is 0 Å². The van der Waals surface area contributed by atoms with Crippen molar-refractivity contribution in [2.24, 2.45) is 0 Å². The molecule has 0 aromatic rings. The number of nitrogens with one attached hydrogen (secondary N) is 1. The maximum absolute atomic E-state index is 3.38. The molecule has 1 nitrogen and oxygen atoms in total. The molecule has 1 atom stereocenters. The Morgan fingerprint density at radius 2 is 1.80 bits per heavy atom. The standard InChI is InChI=1S/C7H17N.H6Si2/c1-4-6-8-7(3)5-2;1-2/h7-8H,4-6H2,1-3H3;1-2H3. The Morgan fingerprint density at radius 1 is 1.30 bits per heavy atom. The van der Waals surface area contributed by atoms with Gasteiger partial charge in [-0.15, -0.1) is 0 Å². The van der Waals surface area contributed by atoms with Gasteiger partial charge in [-0.05, 0) is 45.8 Å². The molecule has 0 rings (SSSR count). The summed E-state index contributed by atoms with van der Waals surface area (Å²) in [4.78, 5) is 0. The van der Waals surface area contributed by atoms with Crippen LogP contribution >= 0.6 is 0 Å². The van der Waals surface area contributed by atoms with Crippen LogP contribution in [0.15, 0.2) is 0 Å². The first kappa shape index (κ1) is 13.0. The van der Waals surface area contributed by atoms with Crippen LogP contribution in [-0.2, 0) is 0 Å². The lowest BCUT2D eigenvalue weighted by atomic mass is 10.2. The highest BCUT2D eigenvalue weighted by Crippen LogP contribution is 1.86. The first-order chi connectivity index (χ1) is 4.81. The van der Waals surface area contributed by atoms with Gasteiger partial charge in [-0.3, -0.25) is 0 Å². The third-order valence-corrected chi connectivity index (χ3v) is 1.36. The molecule has 0 aromatic heterocycles. The summed E-state index contributed by atoms with van der Waals surface area (Å²) in [6.45, 7) is 7.77. The third-order valence-electron chi connectivity index (χ3n) is 1.36. The molecular weight excluding hydrogens is 154 g/mol. The normalized spacial score (nSPS) is 12.3. The minimum atomic E-state index is 0.704. The molecule has 0 spiro atoms. The zero-order valence-corrected chi connectivity index (χ0v) is 12.2. The molecule has 1 unspecified atom stereocenters. The zero-order valence-electron chi connectivity index (χ0n) is 8.20. The zero-order chi connectivity index (χ0) is 8.41. The van der Waals surface area contributed by atoms with Gasteiger partial charge in [0.15, 0.2) is 0 Å². The van der Waals surface area contributed by atoms with Gasteiger partial charge in [0.05, 0.1) is 0 Å². The minimum Gasteiger partial charge on any atom is -0.314 e. The van der Waals surface area contributed by atoms with E-state index in [2.05, 4.69) is 26.1 Å². The molecule has 0 bridgehead atoms. The molecule has 0 heterocycles. The van der Waals surface area contributed by atoms with Crippen molar-refractivity contribution in [3.63, 3.8) is 0 Å². The van der Waals surface area contributed by atoms with Gasteiger partial charge in [0, 0.05) is 6.04 Å². The van der Waals surface area contributed by atoms with Crippen LogP contribution in [0.25, 0.3) is 0 Å². The first-order valence-corrected chi connectivity index (χ1v) is 12.5. The van der Waals surface area contributed by atoms with Crippen molar-refractivity contribution in [3.8, 4) is 0 Å². The lowest BCUT2D eigenvalue weighted by molar-refractivity contribution is 0.533. The molecular formula is C7H23NSi2. The predicted octanol–water partition coefficient (Wildman–Crippen LogP) is -0.583. The molecule has 0 radical (unpaired) electrons.